The lowest BCUT2D eigenvalue weighted by atomic mass is 9.90. The average Bonchev–Trinajstić information content (AvgIpc) is 2.62. The van der Waals surface area contributed by atoms with Gasteiger partial charge in [0.05, 0.1) is 25.8 Å². The second-order valence-corrected chi connectivity index (χ2v) is 6.23. The van der Waals surface area contributed by atoms with Crippen molar-refractivity contribution in [2.45, 2.75) is 26.3 Å². The highest BCUT2D eigenvalue weighted by molar-refractivity contribution is 5.95. The molecule has 1 unspecified atom stereocenters. The predicted molar refractivity (Wildman–Crippen MR) is 96.8 cm³/mol. The van der Waals surface area contributed by atoms with Gasteiger partial charge in [-0.3, -0.25) is 0 Å². The summed E-state index contributed by atoms with van der Waals surface area (Å²) in [5.74, 6) is -0.376. The number of benzene rings is 1. The normalized spacial score (nSPS) is 16.8. The number of carbonyl (C=O) groups is 2. The van der Waals surface area contributed by atoms with E-state index in [1.807, 2.05) is 13.8 Å². The highest BCUT2D eigenvalue weighted by Gasteiger charge is 2.35. The van der Waals surface area contributed by atoms with Crippen LogP contribution in [0.15, 0.2) is 36.1 Å². The molecule has 1 atom stereocenters. The van der Waals surface area contributed by atoms with Gasteiger partial charge in [0.1, 0.15) is 0 Å². The molecule has 0 aliphatic carbocycles. The van der Waals surface area contributed by atoms with E-state index in [0.29, 0.717) is 28.8 Å². The Morgan fingerprint density at radius 1 is 1.38 bits per heavy atom. The molecule has 0 aromatic heterocycles. The summed E-state index contributed by atoms with van der Waals surface area (Å²) in [4.78, 5) is 24.6. The monoisotopic (exact) mass is 360 g/mol. The standard InChI is InChI=1S/C19H24N2O5/c1-6-7-11-8-12(9-13(25-4)17(11)22)16-14(18(23)26-5)15(10(2)3)20-19(24)21-16/h6,8-10,16,22H,1,7H2,2-5H3,(H2,20,21,24). The summed E-state index contributed by atoms with van der Waals surface area (Å²) in [5, 5.41) is 15.7. The van der Waals surface area contributed by atoms with Crippen LogP contribution in [0.5, 0.6) is 11.5 Å². The topological polar surface area (TPSA) is 96.9 Å². The summed E-state index contributed by atoms with van der Waals surface area (Å²) in [6, 6.07) is 2.17. The molecule has 0 spiro atoms. The maximum atomic E-state index is 12.4. The number of allylic oxidation sites excluding steroid dienone is 2. The number of esters is 1. The summed E-state index contributed by atoms with van der Waals surface area (Å²) >= 11 is 0. The quantitative estimate of drug-likeness (QED) is 0.535. The van der Waals surface area contributed by atoms with Crippen molar-refractivity contribution >= 4 is 12.0 Å². The molecule has 7 heteroatoms. The molecule has 0 fully saturated rings. The fourth-order valence-corrected chi connectivity index (χ4v) is 2.95. The molecule has 1 aliphatic heterocycles. The molecule has 1 heterocycles. The van der Waals surface area contributed by atoms with Crippen LogP contribution >= 0.6 is 0 Å². The number of rotatable bonds is 6. The smallest absolute Gasteiger partial charge is 0.337 e. The molecule has 26 heavy (non-hydrogen) atoms. The lowest BCUT2D eigenvalue weighted by Crippen LogP contribution is -2.47. The minimum atomic E-state index is -0.730. The third-order valence-corrected chi connectivity index (χ3v) is 4.18. The number of hydrogen-bond acceptors (Lipinski definition) is 5. The fourth-order valence-electron chi connectivity index (χ4n) is 2.95. The van der Waals surface area contributed by atoms with Crippen LogP contribution in [0.2, 0.25) is 0 Å². The van der Waals surface area contributed by atoms with Gasteiger partial charge in [-0.1, -0.05) is 19.9 Å². The van der Waals surface area contributed by atoms with E-state index < -0.39 is 18.0 Å². The van der Waals surface area contributed by atoms with Crippen LogP contribution in [0.3, 0.4) is 0 Å². The molecule has 7 nitrogen and oxygen atoms in total. The van der Waals surface area contributed by atoms with Gasteiger partial charge in [0.2, 0.25) is 0 Å². The van der Waals surface area contributed by atoms with Crippen molar-refractivity contribution in [2.75, 3.05) is 14.2 Å². The Morgan fingerprint density at radius 2 is 2.08 bits per heavy atom. The second-order valence-electron chi connectivity index (χ2n) is 6.23. The SMILES string of the molecule is C=CCc1cc(C2NC(=O)NC(C(C)C)=C2C(=O)OC)cc(OC)c1O. The molecule has 140 valence electrons. The van der Waals surface area contributed by atoms with Crippen LogP contribution in [0.4, 0.5) is 4.79 Å². The Hall–Kier alpha value is -2.96. The molecular formula is C19H24N2O5. The van der Waals surface area contributed by atoms with Crippen molar-refractivity contribution in [1.29, 1.82) is 0 Å². The largest absolute Gasteiger partial charge is 0.504 e. The number of phenols is 1. The van der Waals surface area contributed by atoms with Crippen molar-refractivity contribution < 1.29 is 24.2 Å². The van der Waals surface area contributed by atoms with Crippen LogP contribution in [0.1, 0.15) is 31.0 Å². The number of phenolic OH excluding ortho intramolecular Hbond substituents is 1. The van der Waals surface area contributed by atoms with E-state index in [1.54, 1.807) is 18.2 Å². The van der Waals surface area contributed by atoms with Crippen LogP contribution in [0, 0.1) is 5.92 Å². The molecule has 0 saturated carbocycles. The van der Waals surface area contributed by atoms with Gasteiger partial charge in [-0.2, -0.15) is 0 Å². The van der Waals surface area contributed by atoms with Gasteiger partial charge in [-0.05, 0) is 30.0 Å². The molecule has 1 aliphatic rings. The average molecular weight is 360 g/mol. The Morgan fingerprint density at radius 3 is 2.62 bits per heavy atom. The van der Waals surface area contributed by atoms with Crippen LogP contribution in [-0.2, 0) is 16.0 Å². The second kappa shape index (κ2) is 7.95. The van der Waals surface area contributed by atoms with Gasteiger partial charge in [0, 0.05) is 11.3 Å². The first kappa shape index (κ1) is 19.4. The summed E-state index contributed by atoms with van der Waals surface area (Å²) in [6.45, 7) is 7.44. The lowest BCUT2D eigenvalue weighted by molar-refractivity contribution is -0.136. The number of amides is 2. The molecule has 2 rings (SSSR count). The molecule has 0 bridgehead atoms. The number of ether oxygens (including phenoxy) is 2. The van der Waals surface area contributed by atoms with Crippen molar-refractivity contribution in [2.24, 2.45) is 5.92 Å². The zero-order chi connectivity index (χ0) is 19.4. The maximum Gasteiger partial charge on any atom is 0.337 e. The van der Waals surface area contributed by atoms with Gasteiger partial charge in [0.25, 0.3) is 0 Å². The van der Waals surface area contributed by atoms with E-state index in [0.717, 1.165) is 0 Å². The Kier molecular flexibility index (Phi) is 5.92. The third-order valence-electron chi connectivity index (χ3n) is 4.18. The zero-order valence-electron chi connectivity index (χ0n) is 15.4. The molecule has 3 N–H and O–H groups in total. The number of hydrogen-bond donors (Lipinski definition) is 3. The summed E-state index contributed by atoms with van der Waals surface area (Å²) < 4.78 is 10.2. The van der Waals surface area contributed by atoms with E-state index in [1.165, 1.54) is 14.2 Å². The van der Waals surface area contributed by atoms with E-state index in [2.05, 4.69) is 17.2 Å². The van der Waals surface area contributed by atoms with Gasteiger partial charge in [-0.25, -0.2) is 9.59 Å². The highest BCUT2D eigenvalue weighted by Crippen LogP contribution is 2.37. The maximum absolute atomic E-state index is 12.4. The van der Waals surface area contributed by atoms with Crippen LogP contribution < -0.4 is 15.4 Å². The van der Waals surface area contributed by atoms with E-state index in [4.69, 9.17) is 9.47 Å². The summed E-state index contributed by atoms with van der Waals surface area (Å²) in [7, 11) is 2.73. The molecule has 2 amide bonds. The Bertz CT molecular complexity index is 767. The Labute approximate surface area is 152 Å². The number of methoxy groups -OCH3 is 2. The highest BCUT2D eigenvalue weighted by atomic mass is 16.5. The minimum absolute atomic E-state index is 0.00379. The molecular weight excluding hydrogens is 336 g/mol. The summed E-state index contributed by atoms with van der Waals surface area (Å²) in [5.41, 5.74) is 2.00. The predicted octanol–water partition coefficient (Wildman–Crippen LogP) is 2.57. The lowest BCUT2D eigenvalue weighted by Gasteiger charge is -2.31. The number of urea groups is 1. The van der Waals surface area contributed by atoms with Gasteiger partial charge < -0.3 is 25.2 Å². The van der Waals surface area contributed by atoms with Gasteiger partial charge >= 0.3 is 12.0 Å². The summed E-state index contributed by atoms with van der Waals surface area (Å²) in [6.07, 6.45) is 2.05. The first-order chi connectivity index (χ1) is 12.3. The van der Waals surface area contributed by atoms with E-state index >= 15 is 0 Å². The Balaban J connectivity index is 2.68. The first-order valence-corrected chi connectivity index (χ1v) is 8.24. The molecule has 0 radical (unpaired) electrons. The molecule has 1 aromatic rings. The van der Waals surface area contributed by atoms with Gasteiger partial charge in [-0.15, -0.1) is 6.58 Å². The van der Waals surface area contributed by atoms with E-state index in [9.17, 15) is 14.7 Å². The van der Waals surface area contributed by atoms with Crippen molar-refractivity contribution in [3.63, 3.8) is 0 Å². The van der Waals surface area contributed by atoms with Crippen LogP contribution in [-0.4, -0.2) is 31.3 Å². The first-order valence-electron chi connectivity index (χ1n) is 8.24. The van der Waals surface area contributed by atoms with Gasteiger partial charge in [0.15, 0.2) is 11.5 Å². The van der Waals surface area contributed by atoms with Crippen molar-refractivity contribution in [1.82, 2.24) is 10.6 Å². The zero-order valence-corrected chi connectivity index (χ0v) is 15.4. The number of nitrogens with one attached hydrogen (secondary N) is 2. The third kappa shape index (κ3) is 3.66. The van der Waals surface area contributed by atoms with Crippen molar-refractivity contribution in [3.05, 3.63) is 47.2 Å². The van der Waals surface area contributed by atoms with Crippen molar-refractivity contribution in [3.8, 4) is 11.5 Å². The fraction of sp³-hybridized carbons (Fsp3) is 0.368. The minimum Gasteiger partial charge on any atom is -0.504 e. The molecule has 0 saturated heterocycles. The van der Waals surface area contributed by atoms with E-state index in [-0.39, 0.29) is 17.4 Å². The number of aromatic hydroxyl groups is 1. The number of carbonyl (C=O) groups excluding carboxylic acids is 2. The van der Waals surface area contributed by atoms with Crippen LogP contribution in [0.25, 0.3) is 0 Å². The molecule has 1 aromatic carbocycles.